The van der Waals surface area contributed by atoms with Gasteiger partial charge < -0.3 is 10.6 Å². The molecule has 2 rings (SSSR count). The molecular weight excluding hydrogens is 250 g/mol. The summed E-state index contributed by atoms with van der Waals surface area (Å²) >= 11 is 6.02. The summed E-state index contributed by atoms with van der Waals surface area (Å²) in [5, 5.41) is 0.400. The van der Waals surface area contributed by atoms with Gasteiger partial charge in [0, 0.05) is 31.0 Å². The highest BCUT2D eigenvalue weighted by molar-refractivity contribution is 6.33. The van der Waals surface area contributed by atoms with Crippen molar-refractivity contribution < 1.29 is 4.79 Å². The number of hydrogen-bond donors (Lipinski definition) is 1. The van der Waals surface area contributed by atoms with Crippen molar-refractivity contribution in [2.24, 2.45) is 5.73 Å². The first kappa shape index (κ1) is 13.3. The van der Waals surface area contributed by atoms with Crippen LogP contribution in [0.1, 0.15) is 36.5 Å². The Hall–Kier alpha value is -1.13. The van der Waals surface area contributed by atoms with Gasteiger partial charge in [-0.1, -0.05) is 11.6 Å². The number of aromatic nitrogens is 1. The van der Waals surface area contributed by atoms with Gasteiger partial charge in [0.15, 0.2) is 0 Å². The number of rotatable bonds is 2. The van der Waals surface area contributed by atoms with Gasteiger partial charge in [-0.3, -0.25) is 9.78 Å². The standard InChI is InChI=1S/C13H18ClN3O/c1-9(15)12-4-2-3-7-17(12)13(18)10-5-6-16-8-11(10)14/h5-6,8-9,12H,2-4,7,15H2,1H3. The Kier molecular flexibility index (Phi) is 4.19. The second kappa shape index (κ2) is 5.67. The number of halogens is 1. The molecule has 18 heavy (non-hydrogen) atoms. The number of hydrogen-bond acceptors (Lipinski definition) is 3. The quantitative estimate of drug-likeness (QED) is 0.892. The normalized spacial score (nSPS) is 21.7. The number of nitrogens with two attached hydrogens (primary N) is 1. The Morgan fingerprint density at radius 1 is 1.61 bits per heavy atom. The monoisotopic (exact) mass is 267 g/mol. The maximum atomic E-state index is 12.5. The molecule has 1 aromatic rings. The number of pyridine rings is 1. The van der Waals surface area contributed by atoms with Crippen LogP contribution in [0.4, 0.5) is 0 Å². The summed E-state index contributed by atoms with van der Waals surface area (Å²) in [4.78, 5) is 18.2. The summed E-state index contributed by atoms with van der Waals surface area (Å²) in [5.41, 5.74) is 6.49. The molecule has 0 spiro atoms. The van der Waals surface area contributed by atoms with Crippen LogP contribution in [-0.4, -0.2) is 34.4 Å². The fourth-order valence-corrected chi connectivity index (χ4v) is 2.66. The summed E-state index contributed by atoms with van der Waals surface area (Å²) in [5.74, 6) is -0.0376. The summed E-state index contributed by atoms with van der Waals surface area (Å²) in [7, 11) is 0. The molecule has 2 N–H and O–H groups in total. The minimum atomic E-state index is -0.0376. The number of carbonyl (C=O) groups is 1. The topological polar surface area (TPSA) is 59.2 Å². The van der Waals surface area contributed by atoms with Crippen LogP contribution in [0.15, 0.2) is 18.5 Å². The maximum Gasteiger partial charge on any atom is 0.255 e. The summed E-state index contributed by atoms with van der Waals surface area (Å²) in [6, 6.07) is 1.75. The van der Waals surface area contributed by atoms with Gasteiger partial charge in [0.25, 0.3) is 5.91 Å². The number of carbonyl (C=O) groups excluding carboxylic acids is 1. The lowest BCUT2D eigenvalue weighted by Crippen LogP contribution is -2.51. The molecular formula is C13H18ClN3O. The number of nitrogens with zero attached hydrogens (tertiary/aromatic N) is 2. The number of likely N-dealkylation sites (tertiary alicyclic amines) is 1. The SMILES string of the molecule is CC(N)C1CCCCN1C(=O)c1ccncc1Cl. The molecule has 1 fully saturated rings. The van der Waals surface area contributed by atoms with E-state index in [9.17, 15) is 4.79 Å². The minimum Gasteiger partial charge on any atom is -0.334 e. The smallest absolute Gasteiger partial charge is 0.255 e. The molecule has 0 saturated carbocycles. The van der Waals surface area contributed by atoms with Crippen LogP contribution in [0.3, 0.4) is 0 Å². The molecule has 1 amide bonds. The number of piperidine rings is 1. The molecule has 2 heterocycles. The molecule has 0 radical (unpaired) electrons. The molecule has 1 saturated heterocycles. The third kappa shape index (κ3) is 2.65. The molecule has 4 nitrogen and oxygen atoms in total. The van der Waals surface area contributed by atoms with Crippen LogP contribution in [0.5, 0.6) is 0 Å². The Bertz CT molecular complexity index is 436. The second-order valence-electron chi connectivity index (χ2n) is 4.78. The zero-order valence-electron chi connectivity index (χ0n) is 10.5. The third-order valence-corrected chi connectivity index (χ3v) is 3.72. The summed E-state index contributed by atoms with van der Waals surface area (Å²) in [6.07, 6.45) is 6.20. The van der Waals surface area contributed by atoms with Gasteiger partial charge in [-0.15, -0.1) is 0 Å². The maximum absolute atomic E-state index is 12.5. The molecule has 2 atom stereocenters. The van der Waals surface area contributed by atoms with Crippen LogP contribution in [0.2, 0.25) is 5.02 Å². The molecule has 98 valence electrons. The van der Waals surface area contributed by atoms with Crippen molar-refractivity contribution in [2.45, 2.75) is 38.3 Å². The average molecular weight is 268 g/mol. The first-order valence-electron chi connectivity index (χ1n) is 6.27. The Balaban J connectivity index is 2.24. The zero-order chi connectivity index (χ0) is 13.1. The van der Waals surface area contributed by atoms with Crippen molar-refractivity contribution in [3.63, 3.8) is 0 Å². The fourth-order valence-electron chi connectivity index (χ4n) is 2.46. The Morgan fingerprint density at radius 3 is 3.06 bits per heavy atom. The zero-order valence-corrected chi connectivity index (χ0v) is 11.2. The van der Waals surface area contributed by atoms with Gasteiger partial charge in [-0.05, 0) is 32.3 Å². The van der Waals surface area contributed by atoms with Gasteiger partial charge in [0.1, 0.15) is 0 Å². The highest BCUT2D eigenvalue weighted by Crippen LogP contribution is 2.23. The van der Waals surface area contributed by atoms with Crippen LogP contribution in [-0.2, 0) is 0 Å². The average Bonchev–Trinajstić information content (AvgIpc) is 2.38. The molecule has 1 aromatic heterocycles. The largest absolute Gasteiger partial charge is 0.334 e. The molecule has 0 aromatic carbocycles. The second-order valence-corrected chi connectivity index (χ2v) is 5.18. The molecule has 0 aliphatic carbocycles. The Morgan fingerprint density at radius 2 is 2.39 bits per heavy atom. The van der Waals surface area contributed by atoms with Crippen LogP contribution in [0.25, 0.3) is 0 Å². The van der Waals surface area contributed by atoms with Crippen molar-refractivity contribution >= 4 is 17.5 Å². The third-order valence-electron chi connectivity index (χ3n) is 3.42. The van der Waals surface area contributed by atoms with E-state index < -0.39 is 0 Å². The van der Waals surface area contributed by atoms with Crippen molar-refractivity contribution in [1.82, 2.24) is 9.88 Å². The van der Waals surface area contributed by atoms with E-state index >= 15 is 0 Å². The van der Waals surface area contributed by atoms with Crippen molar-refractivity contribution in [3.05, 3.63) is 29.0 Å². The van der Waals surface area contributed by atoms with Crippen LogP contribution >= 0.6 is 11.6 Å². The van der Waals surface area contributed by atoms with Gasteiger partial charge in [0.05, 0.1) is 10.6 Å². The van der Waals surface area contributed by atoms with Crippen molar-refractivity contribution in [1.29, 1.82) is 0 Å². The van der Waals surface area contributed by atoms with Crippen molar-refractivity contribution in [3.8, 4) is 0 Å². The van der Waals surface area contributed by atoms with E-state index in [2.05, 4.69) is 4.98 Å². The van der Waals surface area contributed by atoms with E-state index in [1.165, 1.54) is 6.20 Å². The van der Waals surface area contributed by atoms with E-state index in [-0.39, 0.29) is 18.0 Å². The fraction of sp³-hybridized carbons (Fsp3) is 0.538. The van der Waals surface area contributed by atoms with Gasteiger partial charge in [-0.25, -0.2) is 0 Å². The number of amides is 1. The van der Waals surface area contributed by atoms with E-state index in [1.54, 1.807) is 12.3 Å². The molecule has 1 aliphatic heterocycles. The molecule has 2 unspecified atom stereocenters. The van der Waals surface area contributed by atoms with E-state index in [4.69, 9.17) is 17.3 Å². The van der Waals surface area contributed by atoms with Gasteiger partial charge >= 0.3 is 0 Å². The van der Waals surface area contributed by atoms with Crippen molar-refractivity contribution in [2.75, 3.05) is 6.54 Å². The predicted molar refractivity (Wildman–Crippen MR) is 71.6 cm³/mol. The predicted octanol–water partition coefficient (Wildman–Crippen LogP) is 2.08. The lowest BCUT2D eigenvalue weighted by atomic mass is 9.96. The first-order valence-corrected chi connectivity index (χ1v) is 6.65. The van der Waals surface area contributed by atoms with E-state index in [0.29, 0.717) is 10.6 Å². The summed E-state index contributed by atoms with van der Waals surface area (Å²) in [6.45, 7) is 2.70. The first-order chi connectivity index (χ1) is 8.61. The molecule has 1 aliphatic rings. The van der Waals surface area contributed by atoms with Crippen LogP contribution in [0, 0.1) is 0 Å². The molecule has 0 bridgehead atoms. The Labute approximate surface area is 112 Å². The van der Waals surface area contributed by atoms with Crippen LogP contribution < -0.4 is 5.73 Å². The summed E-state index contributed by atoms with van der Waals surface area (Å²) < 4.78 is 0. The van der Waals surface area contributed by atoms with Gasteiger partial charge in [0.2, 0.25) is 0 Å². The lowest BCUT2D eigenvalue weighted by Gasteiger charge is -2.38. The van der Waals surface area contributed by atoms with E-state index in [0.717, 1.165) is 25.8 Å². The highest BCUT2D eigenvalue weighted by atomic mass is 35.5. The van der Waals surface area contributed by atoms with E-state index in [1.807, 2.05) is 11.8 Å². The minimum absolute atomic E-state index is 0.0186. The van der Waals surface area contributed by atoms with Gasteiger partial charge in [-0.2, -0.15) is 0 Å². The lowest BCUT2D eigenvalue weighted by molar-refractivity contribution is 0.0584. The molecule has 5 heteroatoms. The highest BCUT2D eigenvalue weighted by Gasteiger charge is 2.30.